The number of carbonyl (C=O) groups excluding carboxylic acids is 2. The number of phenols is 1. The van der Waals surface area contributed by atoms with Crippen molar-refractivity contribution in [3.63, 3.8) is 0 Å². The molecule has 3 aliphatic rings. The highest BCUT2D eigenvalue weighted by Gasteiger charge is 2.52. The summed E-state index contributed by atoms with van der Waals surface area (Å²) in [5.74, 6) is -0.465. The van der Waals surface area contributed by atoms with E-state index < -0.39 is 6.04 Å². The number of halogens is 2. The number of ketones is 1. The van der Waals surface area contributed by atoms with Crippen LogP contribution >= 0.6 is 23.2 Å². The maximum atomic E-state index is 13.6. The molecule has 1 fully saturated rings. The highest BCUT2D eigenvalue weighted by atomic mass is 35.5. The molecule has 31 heavy (non-hydrogen) atoms. The van der Waals surface area contributed by atoms with E-state index in [-0.39, 0.29) is 47.1 Å². The number of ether oxygens (including phenoxy) is 1. The van der Waals surface area contributed by atoms with Crippen LogP contribution in [0, 0.1) is 5.92 Å². The van der Waals surface area contributed by atoms with E-state index in [9.17, 15) is 14.7 Å². The van der Waals surface area contributed by atoms with Crippen LogP contribution in [0.25, 0.3) is 0 Å². The van der Waals surface area contributed by atoms with E-state index in [2.05, 4.69) is 0 Å². The van der Waals surface area contributed by atoms with Crippen molar-refractivity contribution in [2.45, 2.75) is 43.3 Å². The zero-order valence-corrected chi connectivity index (χ0v) is 18.1. The zero-order chi connectivity index (χ0) is 21.7. The Hall–Kier alpha value is -2.50. The van der Waals surface area contributed by atoms with Crippen LogP contribution in [0.1, 0.15) is 36.4 Å². The first kappa shape index (κ1) is 20.4. The number of amides is 1. The van der Waals surface area contributed by atoms with Gasteiger partial charge in [0.1, 0.15) is 11.9 Å². The van der Waals surface area contributed by atoms with Gasteiger partial charge in [0, 0.05) is 16.9 Å². The normalized spacial score (nSPS) is 27.7. The molecule has 0 spiro atoms. The Bertz CT molecular complexity index is 1080. The Kier molecular flexibility index (Phi) is 5.19. The molecule has 1 amide bonds. The summed E-state index contributed by atoms with van der Waals surface area (Å²) >= 11 is 12.7. The summed E-state index contributed by atoms with van der Waals surface area (Å²) in [7, 11) is 0. The number of hydrogen-bond donors (Lipinski definition) is 1. The van der Waals surface area contributed by atoms with Crippen LogP contribution in [0.5, 0.6) is 5.75 Å². The summed E-state index contributed by atoms with van der Waals surface area (Å²) in [5.41, 5.74) is 1.90. The van der Waals surface area contributed by atoms with Crippen molar-refractivity contribution in [1.82, 2.24) is 4.90 Å². The second-order valence-corrected chi connectivity index (χ2v) is 9.32. The van der Waals surface area contributed by atoms with Crippen molar-refractivity contribution in [2.24, 2.45) is 5.92 Å². The number of benzene rings is 2. The third-order valence-electron chi connectivity index (χ3n) is 6.39. The van der Waals surface area contributed by atoms with Crippen LogP contribution in [0.4, 0.5) is 0 Å². The minimum Gasteiger partial charge on any atom is -0.508 e. The molecule has 1 N–H and O–H groups in total. The Morgan fingerprint density at radius 1 is 1.06 bits per heavy atom. The van der Waals surface area contributed by atoms with E-state index in [1.54, 1.807) is 35.2 Å². The standard InChI is InChI=1S/C24H21Cl2NO4/c25-15-7-10-19-17(11-15)22(29)20-21(13-5-8-16(28)9-6-13)27(24(30)23(20)31-19)12-14-3-1-2-4-18(14)26/h1-6,8-9,15,17,19,21,28H,7,10-12H2. The maximum Gasteiger partial charge on any atom is 0.290 e. The molecule has 2 aliphatic heterocycles. The Balaban J connectivity index is 1.59. The SMILES string of the molecule is O=C1C2=C(OC3CCC(Cl)CC13)C(=O)N(Cc1ccccc1Cl)C2c1ccc(O)cc1. The van der Waals surface area contributed by atoms with Crippen molar-refractivity contribution in [2.75, 3.05) is 0 Å². The summed E-state index contributed by atoms with van der Waals surface area (Å²) in [4.78, 5) is 28.7. The van der Waals surface area contributed by atoms with Gasteiger partial charge in [-0.1, -0.05) is 41.9 Å². The van der Waals surface area contributed by atoms with E-state index in [0.29, 0.717) is 23.4 Å². The van der Waals surface area contributed by atoms with Gasteiger partial charge in [-0.15, -0.1) is 11.6 Å². The molecule has 0 bridgehead atoms. The number of phenolic OH excluding ortho intramolecular Hbond substituents is 1. The Morgan fingerprint density at radius 2 is 1.81 bits per heavy atom. The van der Waals surface area contributed by atoms with Crippen LogP contribution in [0.3, 0.4) is 0 Å². The van der Waals surface area contributed by atoms with E-state index in [1.165, 1.54) is 0 Å². The van der Waals surface area contributed by atoms with Crippen molar-refractivity contribution in [1.29, 1.82) is 0 Å². The average molecular weight is 458 g/mol. The van der Waals surface area contributed by atoms with Crippen LogP contribution in [0.2, 0.25) is 5.02 Å². The molecule has 160 valence electrons. The number of aromatic hydroxyl groups is 1. The smallest absolute Gasteiger partial charge is 0.290 e. The highest BCUT2D eigenvalue weighted by molar-refractivity contribution is 6.31. The minimum atomic E-state index is -0.608. The second-order valence-electron chi connectivity index (χ2n) is 8.30. The fourth-order valence-electron chi connectivity index (χ4n) is 4.84. The molecular formula is C24H21Cl2NO4. The predicted molar refractivity (Wildman–Crippen MR) is 117 cm³/mol. The van der Waals surface area contributed by atoms with Crippen LogP contribution < -0.4 is 0 Å². The van der Waals surface area contributed by atoms with Crippen LogP contribution in [-0.2, 0) is 20.9 Å². The van der Waals surface area contributed by atoms with Crippen LogP contribution in [0.15, 0.2) is 59.9 Å². The average Bonchev–Trinajstić information content (AvgIpc) is 3.03. The molecule has 0 saturated heterocycles. The Morgan fingerprint density at radius 3 is 2.55 bits per heavy atom. The van der Waals surface area contributed by atoms with E-state index >= 15 is 0 Å². The molecule has 0 aromatic heterocycles. The van der Waals surface area contributed by atoms with Crippen molar-refractivity contribution < 1.29 is 19.4 Å². The molecule has 4 unspecified atom stereocenters. The first-order chi connectivity index (χ1) is 14.9. The molecule has 0 radical (unpaired) electrons. The van der Waals surface area contributed by atoms with Crippen molar-refractivity contribution >= 4 is 34.9 Å². The molecule has 1 saturated carbocycles. The third kappa shape index (κ3) is 3.50. The van der Waals surface area contributed by atoms with E-state index in [1.807, 2.05) is 18.2 Å². The van der Waals surface area contributed by atoms with Gasteiger partial charge in [0.05, 0.1) is 17.5 Å². The second kappa shape index (κ2) is 7.88. The summed E-state index contributed by atoms with van der Waals surface area (Å²) in [6, 6.07) is 13.3. The number of hydrogen-bond acceptors (Lipinski definition) is 4. The van der Waals surface area contributed by atoms with Gasteiger partial charge in [-0.3, -0.25) is 9.59 Å². The summed E-state index contributed by atoms with van der Waals surface area (Å²) in [5, 5.41) is 10.2. The summed E-state index contributed by atoms with van der Waals surface area (Å²) < 4.78 is 6.15. The molecule has 5 rings (SSSR count). The van der Waals surface area contributed by atoms with E-state index in [4.69, 9.17) is 27.9 Å². The number of alkyl halides is 1. The molecule has 2 heterocycles. The number of fused-ring (bicyclic) bond motifs is 1. The topological polar surface area (TPSA) is 66.8 Å². The van der Waals surface area contributed by atoms with Gasteiger partial charge in [0.25, 0.3) is 5.91 Å². The van der Waals surface area contributed by atoms with Gasteiger partial charge in [0.15, 0.2) is 11.5 Å². The third-order valence-corrected chi connectivity index (χ3v) is 7.15. The monoisotopic (exact) mass is 457 g/mol. The lowest BCUT2D eigenvalue weighted by Gasteiger charge is -2.37. The van der Waals surface area contributed by atoms with Gasteiger partial charge >= 0.3 is 0 Å². The molecular weight excluding hydrogens is 437 g/mol. The lowest BCUT2D eigenvalue weighted by atomic mass is 9.77. The van der Waals surface area contributed by atoms with Gasteiger partial charge in [0.2, 0.25) is 0 Å². The van der Waals surface area contributed by atoms with Gasteiger partial charge in [-0.05, 0) is 48.6 Å². The van der Waals surface area contributed by atoms with Gasteiger partial charge < -0.3 is 14.7 Å². The molecule has 2 aromatic carbocycles. The number of Topliss-reactive ketones (excluding diaryl/α,β-unsaturated/α-hetero) is 1. The first-order valence-corrected chi connectivity index (χ1v) is 11.2. The van der Waals surface area contributed by atoms with Crippen LogP contribution in [-0.4, -0.2) is 33.2 Å². The lowest BCUT2D eigenvalue weighted by Crippen LogP contribution is -2.41. The van der Waals surface area contributed by atoms with Crippen molar-refractivity contribution in [3.8, 4) is 5.75 Å². The lowest BCUT2D eigenvalue weighted by molar-refractivity contribution is -0.135. The van der Waals surface area contributed by atoms with E-state index in [0.717, 1.165) is 17.5 Å². The highest BCUT2D eigenvalue weighted by Crippen LogP contribution is 2.48. The fraction of sp³-hybridized carbons (Fsp3) is 0.333. The first-order valence-electron chi connectivity index (χ1n) is 10.4. The number of rotatable bonds is 3. The zero-order valence-electron chi connectivity index (χ0n) is 16.6. The minimum absolute atomic E-state index is 0.0651. The maximum absolute atomic E-state index is 13.6. The fourth-order valence-corrected chi connectivity index (χ4v) is 5.35. The van der Waals surface area contributed by atoms with Crippen molar-refractivity contribution in [3.05, 3.63) is 76.0 Å². The Labute approximate surface area is 190 Å². The van der Waals surface area contributed by atoms with Gasteiger partial charge in [-0.2, -0.15) is 0 Å². The number of nitrogens with zero attached hydrogens (tertiary/aromatic N) is 1. The molecule has 7 heteroatoms. The van der Waals surface area contributed by atoms with Gasteiger partial charge in [-0.25, -0.2) is 0 Å². The molecule has 2 aromatic rings. The predicted octanol–water partition coefficient (Wildman–Crippen LogP) is 4.76. The molecule has 1 aliphatic carbocycles. The largest absolute Gasteiger partial charge is 0.508 e. The number of carbonyl (C=O) groups is 2. The summed E-state index contributed by atoms with van der Waals surface area (Å²) in [6.07, 6.45) is 1.65. The molecule has 4 atom stereocenters. The molecule has 5 nitrogen and oxygen atoms in total. The summed E-state index contributed by atoms with van der Waals surface area (Å²) in [6.45, 7) is 0.237. The quantitative estimate of drug-likeness (QED) is 0.674.